The van der Waals surface area contributed by atoms with Gasteiger partial charge in [-0.05, 0) is 78.9 Å². The van der Waals surface area contributed by atoms with Crippen LogP contribution < -0.4 is 0 Å². The Morgan fingerprint density at radius 2 is 0.810 bits per heavy atom. The summed E-state index contributed by atoms with van der Waals surface area (Å²) in [6.45, 7) is 50.4. The lowest BCUT2D eigenvalue weighted by atomic mass is 10.1. The van der Waals surface area contributed by atoms with E-state index in [-0.39, 0.29) is 38.5 Å². The van der Waals surface area contributed by atoms with Crippen LogP contribution in [0, 0.1) is 0 Å². The van der Waals surface area contributed by atoms with Crippen molar-refractivity contribution in [2.45, 2.75) is 194 Å². The molecule has 0 fully saturated rings. The molecule has 3 atom stereocenters. The lowest BCUT2D eigenvalue weighted by Gasteiger charge is -2.49. The van der Waals surface area contributed by atoms with Crippen molar-refractivity contribution in [1.29, 1.82) is 0 Å². The summed E-state index contributed by atoms with van der Waals surface area (Å²) in [7, 11) is -8.65. The molecule has 0 rings (SSSR count). The summed E-state index contributed by atoms with van der Waals surface area (Å²) < 4.78 is 35.4. The quantitative estimate of drug-likeness (QED) is 0.121. The maximum absolute atomic E-state index is 7.44. The van der Waals surface area contributed by atoms with Crippen LogP contribution in [0.2, 0.25) is 72.5 Å². The van der Waals surface area contributed by atoms with Gasteiger partial charge < -0.3 is 22.4 Å². The zero-order valence-corrected chi connectivity index (χ0v) is 36.3. The Morgan fingerprint density at radius 1 is 0.476 bits per heavy atom. The van der Waals surface area contributed by atoms with E-state index in [1.807, 2.05) is 0 Å². The third-order valence-corrected chi connectivity index (χ3v) is 28.8. The van der Waals surface area contributed by atoms with Crippen LogP contribution in [-0.4, -0.2) is 71.4 Å². The van der Waals surface area contributed by atoms with E-state index in [2.05, 4.69) is 142 Å². The average Bonchev–Trinajstić information content (AvgIpc) is 2.74. The number of rotatable bonds is 16. The maximum atomic E-state index is 7.44. The Balaban J connectivity index is 7.17. The Bertz CT molecular complexity index is 799. The van der Waals surface area contributed by atoms with Crippen molar-refractivity contribution in [2.24, 2.45) is 0 Å². The molecular weight excluding hydrogens is 589 g/mol. The molecule has 0 bridgehead atoms. The van der Waals surface area contributed by atoms with E-state index in [0.29, 0.717) is 13.2 Å². The van der Waals surface area contributed by atoms with Gasteiger partial charge in [-0.2, -0.15) is 0 Å². The summed E-state index contributed by atoms with van der Waals surface area (Å²) in [4.78, 5) is 0. The van der Waals surface area contributed by atoms with E-state index in [1.54, 1.807) is 0 Å². The summed E-state index contributed by atoms with van der Waals surface area (Å²) in [5.74, 6) is 0. The normalized spacial score (nSPS) is 17.4. The first-order valence-electron chi connectivity index (χ1n) is 16.6. The monoisotopic (exact) mass is 664 g/mol. The van der Waals surface area contributed by atoms with E-state index < -0.39 is 33.3 Å². The van der Waals surface area contributed by atoms with Crippen LogP contribution in [0.4, 0.5) is 0 Å². The van der Waals surface area contributed by atoms with Gasteiger partial charge in [-0.1, -0.05) is 96.4 Å². The van der Waals surface area contributed by atoms with Crippen molar-refractivity contribution in [3.63, 3.8) is 0 Å². The smallest absolute Gasteiger partial charge is 0.192 e. The molecule has 0 aliphatic heterocycles. The number of hydrogen-bond acceptors (Lipinski definition) is 5. The molecule has 0 saturated heterocycles. The summed E-state index contributed by atoms with van der Waals surface area (Å²) in [6.07, 6.45) is 1.36. The van der Waals surface area contributed by atoms with Crippen LogP contribution in [0.5, 0.6) is 0 Å². The third-order valence-electron chi connectivity index (χ3n) is 10.8. The van der Waals surface area contributed by atoms with Gasteiger partial charge in [0.25, 0.3) is 0 Å². The Labute approximate surface area is 268 Å². The molecular formula is C33H76O5Si4. The standard InChI is InChI=1S/C33H76O5Si4/c1-22-23-24-34-25-27(36-40(16,17)31(5,6)7)29(38-42(20,21)33(11,12)13)28(37-41(18,19)32(8,9)10)26-35-39(14,15)30(2,3)4/h27-29H,22-26H2,1-21H3/t27-,28+,29-/m1/s1. The topological polar surface area (TPSA) is 46.2 Å². The van der Waals surface area contributed by atoms with Gasteiger partial charge in [-0.25, -0.2) is 0 Å². The zero-order chi connectivity index (χ0) is 33.8. The molecule has 0 aromatic heterocycles. The minimum absolute atomic E-state index is 0.0393. The van der Waals surface area contributed by atoms with Crippen molar-refractivity contribution >= 4 is 33.3 Å². The van der Waals surface area contributed by atoms with Gasteiger partial charge in [0, 0.05) is 6.61 Å². The van der Waals surface area contributed by atoms with Gasteiger partial charge in [-0.15, -0.1) is 0 Å². The van der Waals surface area contributed by atoms with Crippen molar-refractivity contribution in [2.75, 3.05) is 19.8 Å². The second kappa shape index (κ2) is 15.0. The van der Waals surface area contributed by atoms with Crippen LogP contribution in [0.3, 0.4) is 0 Å². The highest BCUT2D eigenvalue weighted by atomic mass is 28.4. The Hall–Kier alpha value is 0.668. The van der Waals surface area contributed by atoms with Crippen LogP contribution >= 0.6 is 0 Å². The average molecular weight is 665 g/mol. The number of hydrogen-bond donors (Lipinski definition) is 0. The number of unbranched alkanes of at least 4 members (excludes halogenated alkanes) is 1. The summed E-state index contributed by atoms with van der Waals surface area (Å²) >= 11 is 0. The van der Waals surface area contributed by atoms with Gasteiger partial charge in [0.2, 0.25) is 0 Å². The molecule has 42 heavy (non-hydrogen) atoms. The molecule has 0 radical (unpaired) electrons. The second-order valence-electron chi connectivity index (χ2n) is 18.7. The first kappa shape index (κ1) is 42.7. The molecule has 0 heterocycles. The van der Waals surface area contributed by atoms with Crippen LogP contribution in [0.1, 0.15) is 103 Å². The second-order valence-corrected chi connectivity index (χ2v) is 37.8. The summed E-state index contributed by atoms with van der Waals surface area (Å²) in [6, 6.07) is 0. The molecule has 5 nitrogen and oxygen atoms in total. The largest absolute Gasteiger partial charge is 0.414 e. The molecule has 0 amide bonds. The fourth-order valence-corrected chi connectivity index (χ4v) is 8.34. The SMILES string of the molecule is CCCCOC[C@@H](O[Si](C)(C)C(C)(C)C)[C@@H](O[Si](C)(C)C(C)(C)C)[C@H](CO[Si](C)(C)C(C)(C)C)O[Si](C)(C)C(C)(C)C. The molecule has 0 aromatic rings. The zero-order valence-electron chi connectivity index (χ0n) is 32.3. The lowest BCUT2D eigenvalue weighted by Crippen LogP contribution is -2.60. The predicted molar refractivity (Wildman–Crippen MR) is 195 cm³/mol. The van der Waals surface area contributed by atoms with Gasteiger partial charge in [0.1, 0.15) is 0 Å². The van der Waals surface area contributed by atoms with Crippen molar-refractivity contribution in [1.82, 2.24) is 0 Å². The highest BCUT2D eigenvalue weighted by Gasteiger charge is 2.50. The van der Waals surface area contributed by atoms with E-state index in [4.69, 9.17) is 22.4 Å². The molecule has 0 spiro atoms. The molecule has 0 N–H and O–H groups in total. The molecule has 0 saturated carbocycles. The van der Waals surface area contributed by atoms with Crippen molar-refractivity contribution < 1.29 is 22.4 Å². The van der Waals surface area contributed by atoms with Crippen molar-refractivity contribution in [3.05, 3.63) is 0 Å². The molecule has 254 valence electrons. The molecule has 9 heteroatoms. The van der Waals surface area contributed by atoms with E-state index in [0.717, 1.165) is 19.4 Å². The minimum atomic E-state index is -2.23. The highest BCUT2D eigenvalue weighted by Crippen LogP contribution is 2.44. The van der Waals surface area contributed by atoms with Gasteiger partial charge in [0.15, 0.2) is 33.3 Å². The predicted octanol–water partition coefficient (Wildman–Crippen LogP) is 11.0. The lowest BCUT2D eigenvalue weighted by molar-refractivity contribution is -0.0820. The molecule has 0 unspecified atom stereocenters. The summed E-state index contributed by atoms with van der Waals surface area (Å²) in [5.41, 5.74) is 0. The van der Waals surface area contributed by atoms with Gasteiger partial charge in [-0.3, -0.25) is 0 Å². The summed E-state index contributed by atoms with van der Waals surface area (Å²) in [5, 5.41) is 0.253. The van der Waals surface area contributed by atoms with E-state index in [9.17, 15) is 0 Å². The third kappa shape index (κ3) is 12.5. The minimum Gasteiger partial charge on any atom is -0.414 e. The fraction of sp³-hybridized carbons (Fsp3) is 1.00. The van der Waals surface area contributed by atoms with Crippen LogP contribution in [0.25, 0.3) is 0 Å². The first-order chi connectivity index (χ1) is 18.3. The van der Waals surface area contributed by atoms with Crippen LogP contribution in [-0.2, 0) is 22.4 Å². The van der Waals surface area contributed by atoms with Gasteiger partial charge in [0.05, 0.1) is 31.5 Å². The van der Waals surface area contributed by atoms with E-state index >= 15 is 0 Å². The van der Waals surface area contributed by atoms with Gasteiger partial charge >= 0.3 is 0 Å². The molecule has 0 aromatic carbocycles. The first-order valence-corrected chi connectivity index (χ1v) is 28.2. The Kier molecular flexibility index (Phi) is 15.3. The number of ether oxygens (including phenoxy) is 1. The fourth-order valence-electron chi connectivity index (χ4n) is 3.36. The molecule has 0 aliphatic carbocycles. The van der Waals surface area contributed by atoms with E-state index in [1.165, 1.54) is 0 Å². The maximum Gasteiger partial charge on any atom is 0.192 e. The van der Waals surface area contributed by atoms with Crippen molar-refractivity contribution in [3.8, 4) is 0 Å². The molecule has 0 aliphatic rings. The van der Waals surface area contributed by atoms with Crippen LogP contribution in [0.15, 0.2) is 0 Å². The highest BCUT2D eigenvalue weighted by molar-refractivity contribution is 6.75. The Morgan fingerprint density at radius 3 is 1.14 bits per heavy atom.